The molecule has 2 fully saturated rings. The summed E-state index contributed by atoms with van der Waals surface area (Å²) >= 11 is 0. The van der Waals surface area contributed by atoms with Crippen LogP contribution in [0.3, 0.4) is 0 Å². The first-order valence-corrected chi connectivity index (χ1v) is 11.7. The number of benzene rings is 1. The second-order valence-corrected chi connectivity index (χ2v) is 9.62. The number of cyclic esters (lactones) is 1. The lowest BCUT2D eigenvalue weighted by Crippen LogP contribution is -2.42. The molecule has 0 atom stereocenters. The number of likely N-dealkylation sites (tertiary alicyclic amines) is 1. The fourth-order valence-electron chi connectivity index (χ4n) is 4.29. The van der Waals surface area contributed by atoms with Crippen molar-refractivity contribution in [2.75, 3.05) is 31.1 Å². The number of hydrogen-bond donors (Lipinski definition) is 1. The van der Waals surface area contributed by atoms with Crippen molar-refractivity contribution in [3.63, 3.8) is 0 Å². The Balaban J connectivity index is 1.34. The lowest BCUT2D eigenvalue weighted by molar-refractivity contribution is 0.0187. The van der Waals surface area contributed by atoms with Gasteiger partial charge in [0.25, 0.3) is 5.91 Å². The largest absolute Gasteiger partial charge is 0.447 e. The summed E-state index contributed by atoms with van der Waals surface area (Å²) < 4.78 is 12.5. The predicted molar refractivity (Wildman–Crippen MR) is 127 cm³/mol. The third-order valence-electron chi connectivity index (χ3n) is 5.96. The summed E-state index contributed by atoms with van der Waals surface area (Å²) in [6.45, 7) is 8.01. The van der Waals surface area contributed by atoms with Crippen molar-refractivity contribution in [2.45, 2.75) is 51.8 Å². The monoisotopic (exact) mass is 468 g/mol. The van der Waals surface area contributed by atoms with Gasteiger partial charge in [0.2, 0.25) is 0 Å². The first-order chi connectivity index (χ1) is 16.2. The minimum Gasteiger partial charge on any atom is -0.447 e. The molecule has 2 aliphatic heterocycles. The van der Waals surface area contributed by atoms with Gasteiger partial charge in [0.15, 0.2) is 0 Å². The highest BCUT2D eigenvalue weighted by Gasteiger charge is 2.29. The molecule has 1 aromatic heterocycles. The number of ether oxygens (including phenoxy) is 2. The lowest BCUT2D eigenvalue weighted by atomic mass is 10.0. The summed E-state index contributed by atoms with van der Waals surface area (Å²) in [6.07, 6.45) is 2.78. The van der Waals surface area contributed by atoms with Crippen LogP contribution in [0.15, 0.2) is 42.6 Å². The normalized spacial score (nSPS) is 17.0. The van der Waals surface area contributed by atoms with Gasteiger partial charge in [-0.3, -0.25) is 9.69 Å². The second-order valence-electron chi connectivity index (χ2n) is 9.62. The highest BCUT2D eigenvalue weighted by atomic mass is 16.6. The van der Waals surface area contributed by atoms with E-state index in [4.69, 9.17) is 9.47 Å². The Bertz CT molecular complexity index is 1050. The molecule has 0 spiro atoms. The summed E-state index contributed by atoms with van der Waals surface area (Å²) in [5.74, 6) is -0.162. The topological polar surface area (TPSA) is 93.1 Å². The Hall–Kier alpha value is -3.49. The lowest BCUT2D eigenvalue weighted by Gasteiger charge is -2.34. The van der Waals surface area contributed by atoms with Crippen molar-refractivity contribution in [3.05, 3.63) is 53.9 Å². The van der Waals surface area contributed by atoms with Gasteiger partial charge in [-0.1, -0.05) is 12.1 Å². The number of rotatable bonds is 5. The predicted octanol–water partition coefficient (Wildman–Crippen LogP) is 3.95. The van der Waals surface area contributed by atoms with Crippen LogP contribution in [-0.2, 0) is 16.0 Å². The van der Waals surface area contributed by atoms with Gasteiger partial charge in [-0.2, -0.15) is 0 Å². The van der Waals surface area contributed by atoms with E-state index in [2.05, 4.69) is 5.32 Å². The van der Waals surface area contributed by atoms with E-state index in [9.17, 15) is 14.4 Å². The van der Waals surface area contributed by atoms with E-state index in [-0.39, 0.29) is 24.1 Å². The molecule has 1 aromatic carbocycles. The fourth-order valence-corrected chi connectivity index (χ4v) is 4.29. The number of piperidine rings is 1. The van der Waals surface area contributed by atoms with Crippen molar-refractivity contribution >= 4 is 23.8 Å². The Kier molecular flexibility index (Phi) is 6.81. The minimum atomic E-state index is -0.517. The molecule has 2 aliphatic rings. The zero-order chi connectivity index (χ0) is 24.3. The average molecular weight is 469 g/mol. The SMILES string of the molecule is CC(C)(C)OC(=O)N1CCC(n2cccc2C(=O)NCc2cccc(N3CCOC3=O)c2)CC1. The average Bonchev–Trinajstić information content (AvgIpc) is 3.46. The van der Waals surface area contributed by atoms with E-state index < -0.39 is 5.60 Å². The molecule has 4 rings (SSSR count). The third-order valence-corrected chi connectivity index (χ3v) is 5.96. The van der Waals surface area contributed by atoms with Gasteiger partial charge >= 0.3 is 12.2 Å². The van der Waals surface area contributed by atoms with E-state index in [1.165, 1.54) is 0 Å². The number of hydrogen-bond acceptors (Lipinski definition) is 5. The van der Waals surface area contributed by atoms with Crippen LogP contribution >= 0.6 is 0 Å². The molecule has 1 N–H and O–H groups in total. The number of carbonyl (C=O) groups excluding carboxylic acids is 3. The van der Waals surface area contributed by atoms with Gasteiger partial charge in [0.1, 0.15) is 17.9 Å². The van der Waals surface area contributed by atoms with Gasteiger partial charge in [0.05, 0.1) is 6.54 Å². The van der Waals surface area contributed by atoms with Crippen LogP contribution in [0.1, 0.15) is 55.7 Å². The Morgan fingerprint density at radius 3 is 2.56 bits per heavy atom. The van der Waals surface area contributed by atoms with Crippen LogP contribution in [-0.4, -0.2) is 59.4 Å². The maximum absolute atomic E-state index is 13.0. The second kappa shape index (κ2) is 9.79. The molecule has 2 saturated heterocycles. The van der Waals surface area contributed by atoms with Crippen molar-refractivity contribution in [1.82, 2.24) is 14.8 Å². The van der Waals surface area contributed by atoms with Gasteiger partial charge in [-0.15, -0.1) is 0 Å². The first-order valence-electron chi connectivity index (χ1n) is 11.7. The summed E-state index contributed by atoms with van der Waals surface area (Å²) in [6, 6.07) is 11.3. The molecule has 3 heterocycles. The van der Waals surface area contributed by atoms with Crippen LogP contribution in [0.5, 0.6) is 0 Å². The Morgan fingerprint density at radius 1 is 1.12 bits per heavy atom. The van der Waals surface area contributed by atoms with E-state index >= 15 is 0 Å². The van der Waals surface area contributed by atoms with E-state index in [1.54, 1.807) is 9.80 Å². The number of anilines is 1. The van der Waals surface area contributed by atoms with Crippen molar-refractivity contribution in [1.29, 1.82) is 0 Å². The van der Waals surface area contributed by atoms with Crippen LogP contribution in [0.2, 0.25) is 0 Å². The maximum atomic E-state index is 13.0. The van der Waals surface area contributed by atoms with Crippen LogP contribution in [0.4, 0.5) is 15.3 Å². The van der Waals surface area contributed by atoms with Gasteiger partial charge < -0.3 is 24.3 Å². The maximum Gasteiger partial charge on any atom is 0.414 e. The molecular formula is C25H32N4O5. The zero-order valence-corrected chi connectivity index (χ0v) is 20.0. The fraction of sp³-hybridized carbons (Fsp3) is 0.480. The Morgan fingerprint density at radius 2 is 1.88 bits per heavy atom. The highest BCUT2D eigenvalue weighted by molar-refractivity contribution is 5.93. The van der Waals surface area contributed by atoms with E-state index in [0.29, 0.717) is 38.5 Å². The molecule has 0 radical (unpaired) electrons. The highest BCUT2D eigenvalue weighted by Crippen LogP contribution is 2.26. The summed E-state index contributed by atoms with van der Waals surface area (Å²) in [5, 5.41) is 2.98. The summed E-state index contributed by atoms with van der Waals surface area (Å²) in [4.78, 5) is 40.4. The molecule has 182 valence electrons. The number of nitrogens with one attached hydrogen (secondary N) is 1. The van der Waals surface area contributed by atoms with Crippen molar-refractivity contribution < 1.29 is 23.9 Å². The van der Waals surface area contributed by atoms with E-state index in [1.807, 2.05) is 67.9 Å². The standard InChI is InChI=1S/C25H32N4O5/c1-25(2,3)34-23(31)27-12-9-19(10-13-27)28-11-5-8-21(28)22(30)26-17-18-6-4-7-20(16-18)29-14-15-33-24(29)32/h4-8,11,16,19H,9-10,12-15,17H2,1-3H3,(H,26,30). The van der Waals surface area contributed by atoms with Gasteiger partial charge in [-0.25, -0.2) is 9.59 Å². The molecule has 9 heteroatoms. The molecule has 0 aliphatic carbocycles. The van der Waals surface area contributed by atoms with Crippen LogP contribution in [0.25, 0.3) is 0 Å². The first kappa shape index (κ1) is 23.7. The summed E-state index contributed by atoms with van der Waals surface area (Å²) in [7, 11) is 0. The van der Waals surface area contributed by atoms with Crippen molar-refractivity contribution in [3.8, 4) is 0 Å². The van der Waals surface area contributed by atoms with E-state index in [0.717, 1.165) is 24.1 Å². The quantitative estimate of drug-likeness (QED) is 0.717. The molecule has 0 saturated carbocycles. The third kappa shape index (κ3) is 5.52. The molecule has 3 amide bonds. The van der Waals surface area contributed by atoms with Crippen molar-refractivity contribution in [2.24, 2.45) is 0 Å². The molecule has 34 heavy (non-hydrogen) atoms. The Labute approximate surface area is 199 Å². The molecule has 0 bridgehead atoms. The summed E-state index contributed by atoms with van der Waals surface area (Å²) in [5.41, 5.74) is 1.73. The molecule has 2 aromatic rings. The minimum absolute atomic E-state index is 0.138. The number of carbonyl (C=O) groups is 3. The number of aromatic nitrogens is 1. The zero-order valence-electron chi connectivity index (χ0n) is 20.0. The van der Waals surface area contributed by atoms with Gasteiger partial charge in [-0.05, 0) is 63.4 Å². The van der Waals surface area contributed by atoms with Crippen LogP contribution in [0, 0.1) is 0 Å². The number of nitrogens with zero attached hydrogens (tertiary/aromatic N) is 3. The molecule has 0 unspecified atom stereocenters. The van der Waals surface area contributed by atoms with Gasteiger partial charge in [0, 0.05) is 37.6 Å². The van der Waals surface area contributed by atoms with Crippen LogP contribution < -0.4 is 10.2 Å². The molecule has 9 nitrogen and oxygen atoms in total. The smallest absolute Gasteiger partial charge is 0.414 e. The number of amides is 3. The molecular weight excluding hydrogens is 436 g/mol.